The summed E-state index contributed by atoms with van der Waals surface area (Å²) in [6, 6.07) is 9.50. The summed E-state index contributed by atoms with van der Waals surface area (Å²) < 4.78 is 2.38. The molecule has 1 amide bonds. The van der Waals surface area contributed by atoms with Gasteiger partial charge in [0.25, 0.3) is 0 Å². The second kappa shape index (κ2) is 6.58. The summed E-state index contributed by atoms with van der Waals surface area (Å²) in [4.78, 5) is 17.6. The fraction of sp³-hybridized carbons (Fsp3) is 0.500. The number of benzene rings is 1. The summed E-state index contributed by atoms with van der Waals surface area (Å²) in [5.74, 6) is 0.208. The van der Waals surface area contributed by atoms with Crippen LogP contribution >= 0.6 is 0 Å². The Morgan fingerprint density at radius 1 is 1.19 bits per heavy atom. The largest absolute Gasteiger partial charge is 0.345 e. The van der Waals surface area contributed by atoms with Gasteiger partial charge in [-0.2, -0.15) is 0 Å². The number of amides is 1. The van der Waals surface area contributed by atoms with Gasteiger partial charge in [-0.15, -0.1) is 0 Å². The SMILES string of the molecule is CCN(CC)C(=O)[C@@H]1C=C2c3cccc4ccn(c34)CC2N(C(C)C)C1. The maximum Gasteiger partial charge on any atom is 0.230 e. The summed E-state index contributed by atoms with van der Waals surface area (Å²) >= 11 is 0. The molecule has 0 spiro atoms. The van der Waals surface area contributed by atoms with E-state index in [0.29, 0.717) is 12.1 Å². The molecular formula is C22H29N3O. The Morgan fingerprint density at radius 2 is 1.96 bits per heavy atom. The van der Waals surface area contributed by atoms with Crippen LogP contribution in [0.3, 0.4) is 0 Å². The second-order valence-corrected chi connectivity index (χ2v) is 7.76. The van der Waals surface area contributed by atoms with Crippen molar-refractivity contribution in [1.82, 2.24) is 14.4 Å². The van der Waals surface area contributed by atoms with Crippen LogP contribution in [-0.2, 0) is 11.3 Å². The molecule has 1 aromatic carbocycles. The first-order valence-corrected chi connectivity index (χ1v) is 9.89. The van der Waals surface area contributed by atoms with Crippen LogP contribution in [-0.4, -0.2) is 52.0 Å². The molecule has 0 N–H and O–H groups in total. The number of para-hydroxylation sites is 1. The van der Waals surface area contributed by atoms with E-state index >= 15 is 0 Å². The van der Waals surface area contributed by atoms with E-state index in [1.807, 2.05) is 4.90 Å². The number of hydrogen-bond donors (Lipinski definition) is 0. The molecule has 0 bridgehead atoms. The van der Waals surface area contributed by atoms with Gasteiger partial charge in [0, 0.05) is 49.4 Å². The summed E-state index contributed by atoms with van der Waals surface area (Å²) in [5.41, 5.74) is 3.95. The van der Waals surface area contributed by atoms with Crippen molar-refractivity contribution in [2.24, 2.45) is 5.92 Å². The van der Waals surface area contributed by atoms with E-state index in [0.717, 1.165) is 26.2 Å². The highest BCUT2D eigenvalue weighted by Crippen LogP contribution is 2.39. The van der Waals surface area contributed by atoms with E-state index in [9.17, 15) is 4.79 Å². The van der Waals surface area contributed by atoms with Crippen LogP contribution < -0.4 is 0 Å². The Hall–Kier alpha value is -2.07. The van der Waals surface area contributed by atoms with Crippen molar-refractivity contribution in [2.75, 3.05) is 19.6 Å². The van der Waals surface area contributed by atoms with E-state index in [4.69, 9.17) is 0 Å². The zero-order valence-corrected chi connectivity index (χ0v) is 16.3. The maximum atomic E-state index is 13.1. The molecule has 4 rings (SSSR count). The third-order valence-electron chi connectivity index (χ3n) is 6.07. The summed E-state index contributed by atoms with van der Waals surface area (Å²) in [6.45, 7) is 12.0. The average molecular weight is 351 g/mol. The van der Waals surface area contributed by atoms with Gasteiger partial charge in [0.1, 0.15) is 0 Å². The summed E-state index contributed by atoms with van der Waals surface area (Å²) in [5, 5.41) is 1.29. The first-order chi connectivity index (χ1) is 12.5. The molecule has 4 heteroatoms. The minimum absolute atomic E-state index is 0.0553. The number of aromatic nitrogens is 1. The van der Waals surface area contributed by atoms with Crippen LogP contribution in [0.5, 0.6) is 0 Å². The van der Waals surface area contributed by atoms with E-state index in [-0.39, 0.29) is 11.8 Å². The van der Waals surface area contributed by atoms with Crippen LogP contribution in [0.1, 0.15) is 33.3 Å². The molecule has 0 aliphatic carbocycles. The van der Waals surface area contributed by atoms with E-state index in [1.54, 1.807) is 0 Å². The fourth-order valence-corrected chi connectivity index (χ4v) is 4.71. The minimum Gasteiger partial charge on any atom is -0.345 e. The number of fused-ring (bicyclic) bond motifs is 2. The van der Waals surface area contributed by atoms with Crippen molar-refractivity contribution in [1.29, 1.82) is 0 Å². The lowest BCUT2D eigenvalue weighted by Crippen LogP contribution is -2.52. The molecule has 3 heterocycles. The first-order valence-electron chi connectivity index (χ1n) is 9.89. The molecule has 2 aromatic rings. The first kappa shape index (κ1) is 17.3. The number of rotatable bonds is 4. The van der Waals surface area contributed by atoms with E-state index in [1.165, 1.54) is 22.0 Å². The van der Waals surface area contributed by atoms with Gasteiger partial charge < -0.3 is 9.47 Å². The van der Waals surface area contributed by atoms with Crippen LogP contribution in [0.25, 0.3) is 16.5 Å². The van der Waals surface area contributed by atoms with Gasteiger partial charge in [-0.25, -0.2) is 0 Å². The molecule has 0 fully saturated rings. The smallest absolute Gasteiger partial charge is 0.230 e. The van der Waals surface area contributed by atoms with Crippen LogP contribution in [0, 0.1) is 5.92 Å². The lowest BCUT2D eigenvalue weighted by Gasteiger charge is -2.44. The highest BCUT2D eigenvalue weighted by molar-refractivity contribution is 5.96. The third kappa shape index (κ3) is 2.59. The topological polar surface area (TPSA) is 28.5 Å². The third-order valence-corrected chi connectivity index (χ3v) is 6.07. The number of carbonyl (C=O) groups excluding carboxylic acids is 1. The van der Waals surface area contributed by atoms with Crippen LogP contribution in [0.4, 0.5) is 0 Å². The Kier molecular flexibility index (Phi) is 4.39. The normalized spacial score (nSPS) is 22.4. The fourth-order valence-electron chi connectivity index (χ4n) is 4.71. The molecule has 4 nitrogen and oxygen atoms in total. The summed E-state index contributed by atoms with van der Waals surface area (Å²) in [7, 11) is 0. The van der Waals surface area contributed by atoms with Crippen molar-refractivity contribution >= 4 is 22.4 Å². The molecule has 1 aromatic heterocycles. The Morgan fingerprint density at radius 3 is 2.65 bits per heavy atom. The molecule has 26 heavy (non-hydrogen) atoms. The molecule has 2 atom stereocenters. The maximum absolute atomic E-state index is 13.1. The van der Waals surface area contributed by atoms with Crippen molar-refractivity contribution in [3.63, 3.8) is 0 Å². The van der Waals surface area contributed by atoms with Gasteiger partial charge in [-0.05, 0) is 39.3 Å². The van der Waals surface area contributed by atoms with Crippen LogP contribution in [0.2, 0.25) is 0 Å². The lowest BCUT2D eigenvalue weighted by molar-refractivity contribution is -0.134. The molecule has 0 saturated heterocycles. The quantitative estimate of drug-likeness (QED) is 0.842. The number of carbonyl (C=O) groups is 1. The molecule has 0 radical (unpaired) electrons. The molecule has 0 saturated carbocycles. The Labute approximate surface area is 156 Å². The van der Waals surface area contributed by atoms with E-state index in [2.05, 4.69) is 73.7 Å². The predicted octanol–water partition coefficient (Wildman–Crippen LogP) is 3.62. The molecular weight excluding hydrogens is 322 g/mol. The minimum atomic E-state index is -0.0553. The van der Waals surface area contributed by atoms with Gasteiger partial charge in [0.05, 0.1) is 17.5 Å². The zero-order valence-electron chi connectivity index (χ0n) is 16.3. The van der Waals surface area contributed by atoms with Gasteiger partial charge in [0.2, 0.25) is 5.91 Å². The van der Waals surface area contributed by atoms with Crippen molar-refractivity contribution in [3.05, 3.63) is 42.1 Å². The van der Waals surface area contributed by atoms with Gasteiger partial charge in [-0.3, -0.25) is 9.69 Å². The number of nitrogens with zero attached hydrogens (tertiary/aromatic N) is 3. The number of hydrogen-bond acceptors (Lipinski definition) is 2. The van der Waals surface area contributed by atoms with Crippen molar-refractivity contribution < 1.29 is 4.79 Å². The molecule has 2 aliphatic rings. The monoisotopic (exact) mass is 351 g/mol. The standard InChI is InChI=1S/C22H29N3O/c1-5-23(6-2)22(26)17-12-19-18-9-7-8-16-10-11-24(21(16)18)14-20(19)25(13-17)15(3)4/h7-12,15,17,20H,5-6,13-14H2,1-4H3/t17-,20?/m1/s1. The molecule has 138 valence electrons. The highest BCUT2D eigenvalue weighted by atomic mass is 16.2. The zero-order chi connectivity index (χ0) is 18.4. The molecule has 2 aliphatic heterocycles. The molecule has 1 unspecified atom stereocenters. The lowest BCUT2D eigenvalue weighted by atomic mass is 9.84. The van der Waals surface area contributed by atoms with Crippen molar-refractivity contribution in [2.45, 2.75) is 46.3 Å². The highest BCUT2D eigenvalue weighted by Gasteiger charge is 2.38. The average Bonchev–Trinajstić information content (AvgIpc) is 3.06. The van der Waals surface area contributed by atoms with Gasteiger partial charge >= 0.3 is 0 Å². The Balaban J connectivity index is 1.83. The Bertz CT molecular complexity index is 859. The van der Waals surface area contributed by atoms with E-state index < -0.39 is 0 Å². The van der Waals surface area contributed by atoms with Crippen LogP contribution in [0.15, 0.2) is 36.5 Å². The summed E-state index contributed by atoms with van der Waals surface area (Å²) in [6.07, 6.45) is 4.48. The van der Waals surface area contributed by atoms with Gasteiger partial charge in [0.15, 0.2) is 0 Å². The van der Waals surface area contributed by atoms with Crippen molar-refractivity contribution in [3.8, 4) is 0 Å². The van der Waals surface area contributed by atoms with Gasteiger partial charge in [-0.1, -0.05) is 24.3 Å². The second-order valence-electron chi connectivity index (χ2n) is 7.76. The predicted molar refractivity (Wildman–Crippen MR) is 107 cm³/mol.